The number of urea groups is 1. The second-order valence-electron chi connectivity index (χ2n) is 7.84. The third-order valence-electron chi connectivity index (χ3n) is 5.74. The van der Waals surface area contributed by atoms with Crippen molar-refractivity contribution in [2.45, 2.75) is 18.8 Å². The molecule has 5 rings (SSSR count). The topological polar surface area (TPSA) is 119 Å². The first kappa shape index (κ1) is 19.8. The molecule has 4 N–H and O–H groups in total. The number of aromatic amines is 2. The molecule has 1 aliphatic heterocycles. The minimum absolute atomic E-state index is 0.199. The highest BCUT2D eigenvalue weighted by Crippen LogP contribution is 2.32. The number of nitrogens with one attached hydrogen (secondary N) is 4. The zero-order valence-corrected chi connectivity index (χ0v) is 17.3. The van der Waals surface area contributed by atoms with Crippen LogP contribution in [0.2, 0.25) is 0 Å². The Hall–Kier alpha value is -4.14. The molecule has 4 heterocycles. The van der Waals surface area contributed by atoms with Gasteiger partial charge in [-0.05, 0) is 48.7 Å². The number of H-pyrrole nitrogens is 2. The van der Waals surface area contributed by atoms with E-state index in [0.29, 0.717) is 11.6 Å². The number of amides is 2. The smallest absolute Gasteiger partial charge is 0.323 e. The van der Waals surface area contributed by atoms with Crippen LogP contribution in [0.15, 0.2) is 66.0 Å². The summed E-state index contributed by atoms with van der Waals surface area (Å²) in [5.41, 5.74) is 2.53. The van der Waals surface area contributed by atoms with E-state index in [2.05, 4.69) is 41.5 Å². The average Bonchev–Trinajstić information content (AvgIpc) is 3.30. The number of carbonyl (C=O) groups excluding carboxylic acids is 1. The van der Waals surface area contributed by atoms with Crippen LogP contribution in [0.25, 0.3) is 11.0 Å². The van der Waals surface area contributed by atoms with Gasteiger partial charge in [-0.1, -0.05) is 12.1 Å². The Balaban J connectivity index is 1.30. The molecule has 0 saturated carbocycles. The van der Waals surface area contributed by atoms with Crippen LogP contribution >= 0.6 is 0 Å². The molecule has 0 spiro atoms. The van der Waals surface area contributed by atoms with Gasteiger partial charge in [0, 0.05) is 37.1 Å². The summed E-state index contributed by atoms with van der Waals surface area (Å²) in [5.74, 6) is 1.26. The fourth-order valence-corrected chi connectivity index (χ4v) is 4.23. The van der Waals surface area contributed by atoms with E-state index >= 15 is 0 Å². The van der Waals surface area contributed by atoms with Gasteiger partial charge in [0.1, 0.15) is 23.5 Å². The van der Waals surface area contributed by atoms with Gasteiger partial charge in [0.15, 0.2) is 0 Å². The maximum absolute atomic E-state index is 12.4. The number of piperidine rings is 1. The van der Waals surface area contributed by atoms with Crippen LogP contribution in [0.3, 0.4) is 0 Å². The minimum atomic E-state index is -0.458. The Labute approximate surface area is 183 Å². The van der Waals surface area contributed by atoms with E-state index in [-0.39, 0.29) is 11.2 Å². The molecule has 1 atom stereocenters. The molecular formula is C23H23N7O2. The standard InChI is InChI=1S/C23H23N7O2/c31-22-19(7-2-9-25-22)29-23(32)28-17-6-1-4-15(12-17)16-5-3-11-30(13-16)21-18-8-10-24-20(18)26-14-27-21/h1-2,4,6-10,12,14,16H,3,5,11,13H2,(H,25,31)(H,24,26,27)(H2,28,29,32). The zero-order chi connectivity index (χ0) is 21.9. The summed E-state index contributed by atoms with van der Waals surface area (Å²) in [7, 11) is 0. The van der Waals surface area contributed by atoms with E-state index in [9.17, 15) is 9.59 Å². The molecule has 162 valence electrons. The van der Waals surface area contributed by atoms with Crippen molar-refractivity contribution in [2.24, 2.45) is 0 Å². The van der Waals surface area contributed by atoms with Crippen LogP contribution in [0.1, 0.15) is 24.3 Å². The predicted molar refractivity (Wildman–Crippen MR) is 124 cm³/mol. The normalized spacial score (nSPS) is 16.1. The molecule has 3 aromatic heterocycles. The van der Waals surface area contributed by atoms with Gasteiger partial charge in [-0.3, -0.25) is 4.79 Å². The number of fused-ring (bicyclic) bond motifs is 1. The molecule has 0 radical (unpaired) electrons. The van der Waals surface area contributed by atoms with E-state index in [4.69, 9.17) is 0 Å². The Morgan fingerprint density at radius 2 is 2.00 bits per heavy atom. The van der Waals surface area contributed by atoms with Crippen LogP contribution < -0.4 is 21.1 Å². The molecule has 0 aliphatic carbocycles. The van der Waals surface area contributed by atoms with Gasteiger partial charge in [0.05, 0.1) is 5.39 Å². The summed E-state index contributed by atoms with van der Waals surface area (Å²) in [5, 5.41) is 6.43. The number of hydrogen-bond donors (Lipinski definition) is 4. The fraction of sp³-hybridized carbons (Fsp3) is 0.217. The van der Waals surface area contributed by atoms with Crippen molar-refractivity contribution in [1.29, 1.82) is 0 Å². The lowest BCUT2D eigenvalue weighted by atomic mass is 9.90. The molecule has 4 aromatic rings. The molecule has 0 bridgehead atoms. The number of pyridine rings is 1. The number of carbonyl (C=O) groups is 1. The van der Waals surface area contributed by atoms with Crippen LogP contribution in [0.4, 0.5) is 22.0 Å². The number of aromatic nitrogens is 4. The Bertz CT molecular complexity index is 1310. The molecular weight excluding hydrogens is 406 g/mol. The van der Waals surface area contributed by atoms with Gasteiger partial charge in [-0.2, -0.15) is 0 Å². The maximum Gasteiger partial charge on any atom is 0.323 e. The highest BCUT2D eigenvalue weighted by atomic mass is 16.2. The lowest BCUT2D eigenvalue weighted by Gasteiger charge is -2.34. The lowest BCUT2D eigenvalue weighted by Crippen LogP contribution is -2.35. The molecule has 1 saturated heterocycles. The molecule has 1 fully saturated rings. The minimum Gasteiger partial charge on any atom is -0.355 e. The summed E-state index contributed by atoms with van der Waals surface area (Å²) >= 11 is 0. The number of hydrogen-bond acceptors (Lipinski definition) is 5. The molecule has 1 unspecified atom stereocenters. The monoisotopic (exact) mass is 429 g/mol. The van der Waals surface area contributed by atoms with Crippen molar-refractivity contribution < 1.29 is 4.79 Å². The van der Waals surface area contributed by atoms with E-state index in [1.165, 1.54) is 6.20 Å². The maximum atomic E-state index is 12.4. The second kappa shape index (κ2) is 8.54. The van der Waals surface area contributed by atoms with E-state index < -0.39 is 6.03 Å². The van der Waals surface area contributed by atoms with Crippen molar-refractivity contribution in [3.63, 3.8) is 0 Å². The fourth-order valence-electron chi connectivity index (χ4n) is 4.23. The van der Waals surface area contributed by atoms with Crippen LogP contribution in [0, 0.1) is 0 Å². The molecule has 9 heteroatoms. The number of rotatable bonds is 4. The van der Waals surface area contributed by atoms with Gasteiger partial charge in [-0.15, -0.1) is 0 Å². The van der Waals surface area contributed by atoms with Crippen molar-refractivity contribution in [3.8, 4) is 0 Å². The van der Waals surface area contributed by atoms with Gasteiger partial charge in [-0.25, -0.2) is 14.8 Å². The molecule has 1 aromatic carbocycles. The van der Waals surface area contributed by atoms with E-state index in [1.54, 1.807) is 18.5 Å². The molecule has 9 nitrogen and oxygen atoms in total. The Kier molecular flexibility index (Phi) is 5.29. The van der Waals surface area contributed by atoms with Crippen molar-refractivity contribution in [3.05, 3.63) is 77.1 Å². The highest BCUT2D eigenvalue weighted by molar-refractivity contribution is 5.99. The van der Waals surface area contributed by atoms with Crippen LogP contribution in [0.5, 0.6) is 0 Å². The van der Waals surface area contributed by atoms with Crippen molar-refractivity contribution in [1.82, 2.24) is 19.9 Å². The van der Waals surface area contributed by atoms with E-state index in [0.717, 1.165) is 48.3 Å². The molecule has 1 aliphatic rings. The summed E-state index contributed by atoms with van der Waals surface area (Å²) in [6.45, 7) is 1.78. The first-order valence-corrected chi connectivity index (χ1v) is 10.6. The predicted octanol–water partition coefficient (Wildman–Crippen LogP) is 3.67. The summed E-state index contributed by atoms with van der Waals surface area (Å²) in [6.07, 6.45) is 7.11. The number of benzene rings is 1. The van der Waals surface area contributed by atoms with Gasteiger partial charge in [0.25, 0.3) is 5.56 Å². The number of nitrogens with zero attached hydrogens (tertiary/aromatic N) is 3. The molecule has 32 heavy (non-hydrogen) atoms. The largest absolute Gasteiger partial charge is 0.355 e. The average molecular weight is 429 g/mol. The Morgan fingerprint density at radius 1 is 1.06 bits per heavy atom. The summed E-state index contributed by atoms with van der Waals surface area (Å²) < 4.78 is 0. The van der Waals surface area contributed by atoms with Crippen molar-refractivity contribution >= 4 is 34.3 Å². The van der Waals surface area contributed by atoms with Crippen molar-refractivity contribution in [2.75, 3.05) is 28.6 Å². The summed E-state index contributed by atoms with van der Waals surface area (Å²) in [6, 6.07) is 12.6. The van der Waals surface area contributed by atoms with Gasteiger partial charge >= 0.3 is 6.03 Å². The second-order valence-corrected chi connectivity index (χ2v) is 7.84. The first-order valence-electron chi connectivity index (χ1n) is 10.6. The highest BCUT2D eigenvalue weighted by Gasteiger charge is 2.24. The number of anilines is 3. The lowest BCUT2D eigenvalue weighted by molar-refractivity contribution is 0.262. The van der Waals surface area contributed by atoms with Crippen LogP contribution in [-0.2, 0) is 0 Å². The summed E-state index contributed by atoms with van der Waals surface area (Å²) in [4.78, 5) is 40.9. The third kappa shape index (κ3) is 4.04. The first-order chi connectivity index (χ1) is 15.7. The van der Waals surface area contributed by atoms with E-state index in [1.807, 2.05) is 30.5 Å². The molecule has 2 amide bonds. The zero-order valence-electron chi connectivity index (χ0n) is 17.3. The van der Waals surface area contributed by atoms with Gasteiger partial charge in [0.2, 0.25) is 0 Å². The van der Waals surface area contributed by atoms with Crippen LogP contribution in [-0.4, -0.2) is 39.1 Å². The van der Waals surface area contributed by atoms with Gasteiger partial charge < -0.3 is 25.5 Å². The Morgan fingerprint density at radius 3 is 2.91 bits per heavy atom. The SMILES string of the molecule is O=C(Nc1cccc(C2CCCN(c3ncnc4[nH]ccc34)C2)c1)Nc1ccc[nH]c1=O. The quantitative estimate of drug-likeness (QED) is 0.395. The third-order valence-corrected chi connectivity index (χ3v) is 5.74.